The van der Waals surface area contributed by atoms with Gasteiger partial charge in [0.05, 0.1) is 12.6 Å². The lowest BCUT2D eigenvalue weighted by Crippen LogP contribution is -2.54. The van der Waals surface area contributed by atoms with Gasteiger partial charge in [0.15, 0.2) is 0 Å². The minimum atomic E-state index is -1.21. The van der Waals surface area contributed by atoms with Gasteiger partial charge < -0.3 is 16.2 Å². The van der Waals surface area contributed by atoms with Crippen LogP contribution in [0.3, 0.4) is 0 Å². The second kappa shape index (κ2) is 5.09. The maximum absolute atomic E-state index is 11.7. The zero-order valence-electron chi connectivity index (χ0n) is 9.64. The standard InChI is InChI=1S/C12H18N2O2/c1-3-16-11(15)12(2,14)10(13)9-7-5-4-6-8-9/h4-8,10H,3,13-14H2,1-2H3/t10-,12+/m0/s1. The quantitative estimate of drug-likeness (QED) is 0.744. The zero-order valence-corrected chi connectivity index (χ0v) is 9.64. The molecule has 1 aromatic rings. The van der Waals surface area contributed by atoms with Gasteiger partial charge >= 0.3 is 5.97 Å². The molecule has 0 spiro atoms. The average Bonchev–Trinajstić information content (AvgIpc) is 2.29. The van der Waals surface area contributed by atoms with E-state index in [-0.39, 0.29) is 0 Å². The van der Waals surface area contributed by atoms with Crippen molar-refractivity contribution >= 4 is 5.97 Å². The van der Waals surface area contributed by atoms with Gasteiger partial charge in [0.1, 0.15) is 5.54 Å². The van der Waals surface area contributed by atoms with Crippen molar-refractivity contribution in [2.45, 2.75) is 25.4 Å². The van der Waals surface area contributed by atoms with Crippen molar-refractivity contribution in [3.8, 4) is 0 Å². The number of rotatable bonds is 4. The number of ether oxygens (including phenoxy) is 1. The second-order valence-electron chi connectivity index (χ2n) is 3.89. The molecule has 0 saturated carbocycles. The summed E-state index contributed by atoms with van der Waals surface area (Å²) in [5.74, 6) is -0.480. The van der Waals surface area contributed by atoms with E-state index in [1.165, 1.54) is 0 Å². The predicted octanol–water partition coefficient (Wildman–Crippen LogP) is 0.967. The van der Waals surface area contributed by atoms with E-state index >= 15 is 0 Å². The molecular weight excluding hydrogens is 204 g/mol. The molecule has 0 unspecified atom stereocenters. The number of carbonyl (C=O) groups is 1. The molecular formula is C12H18N2O2. The first kappa shape index (κ1) is 12.7. The van der Waals surface area contributed by atoms with Crippen LogP contribution < -0.4 is 11.5 Å². The largest absolute Gasteiger partial charge is 0.465 e. The maximum atomic E-state index is 11.7. The summed E-state index contributed by atoms with van der Waals surface area (Å²) in [4.78, 5) is 11.7. The van der Waals surface area contributed by atoms with E-state index in [9.17, 15) is 4.79 Å². The Labute approximate surface area is 95.6 Å². The van der Waals surface area contributed by atoms with E-state index in [0.29, 0.717) is 6.61 Å². The van der Waals surface area contributed by atoms with Gasteiger partial charge in [0.2, 0.25) is 0 Å². The van der Waals surface area contributed by atoms with Crippen molar-refractivity contribution < 1.29 is 9.53 Å². The molecule has 4 nitrogen and oxygen atoms in total. The molecule has 0 aliphatic carbocycles. The molecule has 0 aliphatic heterocycles. The van der Waals surface area contributed by atoms with Crippen LogP contribution in [0.5, 0.6) is 0 Å². The fourth-order valence-corrected chi connectivity index (χ4v) is 1.42. The number of benzene rings is 1. The van der Waals surface area contributed by atoms with Gasteiger partial charge in [0.25, 0.3) is 0 Å². The smallest absolute Gasteiger partial charge is 0.327 e. The van der Waals surface area contributed by atoms with E-state index in [1.54, 1.807) is 13.8 Å². The summed E-state index contributed by atoms with van der Waals surface area (Å²) in [6, 6.07) is 8.71. The predicted molar refractivity (Wildman–Crippen MR) is 62.6 cm³/mol. The fourth-order valence-electron chi connectivity index (χ4n) is 1.42. The van der Waals surface area contributed by atoms with Crippen LogP contribution in [0.25, 0.3) is 0 Å². The van der Waals surface area contributed by atoms with Gasteiger partial charge in [-0.3, -0.25) is 0 Å². The second-order valence-corrected chi connectivity index (χ2v) is 3.89. The van der Waals surface area contributed by atoms with Gasteiger partial charge in [-0.05, 0) is 19.4 Å². The first-order valence-corrected chi connectivity index (χ1v) is 5.26. The number of carbonyl (C=O) groups excluding carboxylic acids is 1. The van der Waals surface area contributed by atoms with E-state index < -0.39 is 17.6 Å². The Hall–Kier alpha value is -1.39. The Balaban J connectivity index is 2.87. The van der Waals surface area contributed by atoms with Crippen molar-refractivity contribution in [1.29, 1.82) is 0 Å². The maximum Gasteiger partial charge on any atom is 0.327 e. The van der Waals surface area contributed by atoms with Crippen molar-refractivity contribution in [1.82, 2.24) is 0 Å². The van der Waals surface area contributed by atoms with E-state index in [1.807, 2.05) is 30.3 Å². The van der Waals surface area contributed by atoms with Crippen molar-refractivity contribution in [2.24, 2.45) is 11.5 Å². The molecule has 0 aliphatic rings. The highest BCUT2D eigenvalue weighted by atomic mass is 16.5. The molecule has 0 fully saturated rings. The van der Waals surface area contributed by atoms with Crippen LogP contribution in [0.15, 0.2) is 30.3 Å². The molecule has 0 saturated heterocycles. The molecule has 1 aromatic carbocycles. The molecule has 88 valence electrons. The third kappa shape index (κ3) is 2.59. The van der Waals surface area contributed by atoms with Crippen molar-refractivity contribution in [3.63, 3.8) is 0 Å². The molecule has 1 rings (SSSR count). The van der Waals surface area contributed by atoms with Crippen LogP contribution >= 0.6 is 0 Å². The Bertz CT molecular complexity index is 349. The lowest BCUT2D eigenvalue weighted by Gasteiger charge is -2.29. The van der Waals surface area contributed by atoms with Crippen LogP contribution in [0, 0.1) is 0 Å². The molecule has 0 bridgehead atoms. The normalized spacial score (nSPS) is 16.2. The third-order valence-electron chi connectivity index (χ3n) is 2.52. The van der Waals surface area contributed by atoms with Gasteiger partial charge in [-0.1, -0.05) is 30.3 Å². The lowest BCUT2D eigenvalue weighted by atomic mass is 9.88. The lowest BCUT2D eigenvalue weighted by molar-refractivity contribution is -0.149. The average molecular weight is 222 g/mol. The van der Waals surface area contributed by atoms with Crippen LogP contribution in [0.4, 0.5) is 0 Å². The summed E-state index contributed by atoms with van der Waals surface area (Å²) in [7, 11) is 0. The van der Waals surface area contributed by atoms with Gasteiger partial charge in [-0.15, -0.1) is 0 Å². The van der Waals surface area contributed by atoms with Gasteiger partial charge in [-0.25, -0.2) is 4.79 Å². The summed E-state index contributed by atoms with van der Waals surface area (Å²) < 4.78 is 4.91. The molecule has 0 amide bonds. The van der Waals surface area contributed by atoms with Gasteiger partial charge in [-0.2, -0.15) is 0 Å². The summed E-state index contributed by atoms with van der Waals surface area (Å²) >= 11 is 0. The number of hydrogen-bond acceptors (Lipinski definition) is 4. The summed E-state index contributed by atoms with van der Waals surface area (Å²) in [5, 5.41) is 0. The Morgan fingerprint density at radius 1 is 1.44 bits per heavy atom. The first-order chi connectivity index (χ1) is 7.50. The minimum Gasteiger partial charge on any atom is -0.465 e. The first-order valence-electron chi connectivity index (χ1n) is 5.26. The van der Waals surface area contributed by atoms with Crippen LogP contribution in [0.1, 0.15) is 25.5 Å². The van der Waals surface area contributed by atoms with Crippen molar-refractivity contribution in [3.05, 3.63) is 35.9 Å². The molecule has 4 heteroatoms. The topological polar surface area (TPSA) is 78.3 Å². The van der Waals surface area contributed by atoms with Crippen LogP contribution in [-0.2, 0) is 9.53 Å². The molecule has 0 radical (unpaired) electrons. The molecule has 4 N–H and O–H groups in total. The summed E-state index contributed by atoms with van der Waals surface area (Å²) in [6.07, 6.45) is 0. The van der Waals surface area contributed by atoms with Crippen LogP contribution in [-0.4, -0.2) is 18.1 Å². The molecule has 0 heterocycles. The Kier molecular flexibility index (Phi) is 4.04. The molecule has 0 aromatic heterocycles. The summed E-state index contributed by atoms with van der Waals surface area (Å²) in [5.41, 5.74) is 11.5. The van der Waals surface area contributed by atoms with Crippen molar-refractivity contribution in [2.75, 3.05) is 6.61 Å². The fraction of sp³-hybridized carbons (Fsp3) is 0.417. The SMILES string of the molecule is CCOC(=O)[C@](C)(N)[C@@H](N)c1ccccc1. The summed E-state index contributed by atoms with van der Waals surface area (Å²) in [6.45, 7) is 3.62. The zero-order chi connectivity index (χ0) is 12.2. The van der Waals surface area contributed by atoms with E-state index in [4.69, 9.17) is 16.2 Å². The van der Waals surface area contributed by atoms with E-state index in [2.05, 4.69) is 0 Å². The molecule has 2 atom stereocenters. The Morgan fingerprint density at radius 3 is 2.50 bits per heavy atom. The number of esters is 1. The highest BCUT2D eigenvalue weighted by Gasteiger charge is 2.37. The number of nitrogens with two attached hydrogens (primary N) is 2. The number of hydrogen-bond donors (Lipinski definition) is 2. The third-order valence-corrected chi connectivity index (χ3v) is 2.52. The highest BCUT2D eigenvalue weighted by molar-refractivity contribution is 5.81. The van der Waals surface area contributed by atoms with E-state index in [0.717, 1.165) is 5.56 Å². The molecule has 16 heavy (non-hydrogen) atoms. The monoisotopic (exact) mass is 222 g/mol. The highest BCUT2D eigenvalue weighted by Crippen LogP contribution is 2.22. The minimum absolute atomic E-state index is 0.299. The Morgan fingerprint density at radius 2 is 2.00 bits per heavy atom. The van der Waals surface area contributed by atoms with Crippen LogP contribution in [0.2, 0.25) is 0 Å². The van der Waals surface area contributed by atoms with Gasteiger partial charge in [0, 0.05) is 0 Å².